The van der Waals surface area contributed by atoms with E-state index in [1.165, 1.54) is 5.01 Å². The Bertz CT molecular complexity index is 1270. The van der Waals surface area contributed by atoms with E-state index >= 15 is 0 Å². The number of rotatable bonds is 9. The molecule has 0 spiro atoms. The van der Waals surface area contributed by atoms with E-state index < -0.39 is 5.91 Å². The number of allylic oxidation sites excluding steroid dienone is 2. The molecule has 0 saturated carbocycles. The number of H-pyrrole nitrogens is 1. The lowest BCUT2D eigenvalue weighted by Gasteiger charge is -2.14. The van der Waals surface area contributed by atoms with E-state index in [-0.39, 0.29) is 6.54 Å². The van der Waals surface area contributed by atoms with Crippen molar-refractivity contribution >= 4 is 34.1 Å². The summed E-state index contributed by atoms with van der Waals surface area (Å²) in [5.74, 6) is 5.76. The van der Waals surface area contributed by atoms with E-state index in [4.69, 9.17) is 11.6 Å². The number of aromatic amines is 1. The van der Waals surface area contributed by atoms with Crippen molar-refractivity contribution in [2.75, 3.05) is 11.9 Å². The first kappa shape index (κ1) is 20.8. The van der Waals surface area contributed by atoms with Crippen molar-refractivity contribution in [1.82, 2.24) is 35.0 Å². The van der Waals surface area contributed by atoms with E-state index in [1.54, 1.807) is 41.7 Å². The molecular formula is C21H22N10O. The zero-order valence-electron chi connectivity index (χ0n) is 17.1. The Kier molecular flexibility index (Phi) is 5.90. The van der Waals surface area contributed by atoms with Gasteiger partial charge in [-0.3, -0.25) is 9.89 Å². The van der Waals surface area contributed by atoms with Crippen LogP contribution >= 0.6 is 0 Å². The average molecular weight is 430 g/mol. The Morgan fingerprint density at radius 1 is 1.31 bits per heavy atom. The second-order valence-corrected chi connectivity index (χ2v) is 7.01. The van der Waals surface area contributed by atoms with E-state index in [2.05, 4.69) is 37.2 Å². The van der Waals surface area contributed by atoms with Gasteiger partial charge in [-0.05, 0) is 22.8 Å². The van der Waals surface area contributed by atoms with Gasteiger partial charge in [-0.25, -0.2) is 15.5 Å². The highest BCUT2D eigenvalue weighted by molar-refractivity contribution is 5.78. The maximum atomic E-state index is 11.1. The molecule has 6 N–H and O–H groups in total. The molecule has 3 aromatic heterocycles. The molecular weight excluding hydrogens is 408 g/mol. The lowest BCUT2D eigenvalue weighted by atomic mass is 10.0. The molecule has 0 unspecified atom stereocenters. The lowest BCUT2D eigenvalue weighted by Crippen LogP contribution is -2.34. The van der Waals surface area contributed by atoms with Crippen LogP contribution in [-0.4, -0.2) is 47.4 Å². The number of benzene rings is 1. The monoisotopic (exact) mass is 430 g/mol. The zero-order valence-corrected chi connectivity index (χ0v) is 17.1. The number of aromatic nitrogens is 6. The van der Waals surface area contributed by atoms with Crippen molar-refractivity contribution in [3.63, 3.8) is 0 Å². The van der Waals surface area contributed by atoms with Gasteiger partial charge in [0.2, 0.25) is 11.9 Å². The number of carbonyl (C=O) groups is 1. The van der Waals surface area contributed by atoms with E-state index in [1.807, 2.05) is 24.3 Å². The van der Waals surface area contributed by atoms with E-state index in [0.717, 1.165) is 27.8 Å². The van der Waals surface area contributed by atoms with Crippen LogP contribution in [0.3, 0.4) is 0 Å². The fourth-order valence-corrected chi connectivity index (χ4v) is 3.16. The van der Waals surface area contributed by atoms with Crippen molar-refractivity contribution < 1.29 is 4.79 Å². The van der Waals surface area contributed by atoms with Gasteiger partial charge in [-0.15, -0.1) is 0 Å². The van der Waals surface area contributed by atoms with Gasteiger partial charge in [-0.2, -0.15) is 15.2 Å². The van der Waals surface area contributed by atoms with Gasteiger partial charge in [-0.1, -0.05) is 30.9 Å². The van der Waals surface area contributed by atoms with Gasteiger partial charge in [0.25, 0.3) is 0 Å². The van der Waals surface area contributed by atoms with Gasteiger partial charge < -0.3 is 16.1 Å². The topological polar surface area (TPSA) is 157 Å². The minimum Gasteiger partial charge on any atom is -0.368 e. The first-order valence-corrected chi connectivity index (χ1v) is 9.69. The minimum absolute atomic E-state index is 0.0921. The fraction of sp³-hybridized carbons (Fsp3) is 0.0952. The number of hydrazine groups is 1. The van der Waals surface area contributed by atoms with E-state index in [9.17, 15) is 4.79 Å². The van der Waals surface area contributed by atoms with E-state index in [0.29, 0.717) is 18.1 Å². The van der Waals surface area contributed by atoms with Crippen molar-refractivity contribution in [1.29, 1.82) is 0 Å². The molecule has 1 amide bonds. The first-order valence-electron chi connectivity index (χ1n) is 9.69. The summed E-state index contributed by atoms with van der Waals surface area (Å²) in [7, 11) is 0. The molecule has 0 aliphatic rings. The third kappa shape index (κ3) is 4.79. The summed E-state index contributed by atoms with van der Waals surface area (Å²) in [4.78, 5) is 20.0. The molecule has 32 heavy (non-hydrogen) atoms. The number of amides is 1. The summed E-state index contributed by atoms with van der Waals surface area (Å²) < 4.78 is 1.80. The maximum Gasteiger partial charge on any atom is 0.238 e. The Balaban J connectivity index is 1.58. The van der Waals surface area contributed by atoms with Crippen LogP contribution in [-0.2, 0) is 11.3 Å². The Hall–Kier alpha value is -4.51. The summed E-state index contributed by atoms with van der Waals surface area (Å²) in [6.45, 7) is 4.25. The number of anilines is 2. The fourth-order valence-electron chi connectivity index (χ4n) is 3.16. The molecule has 0 fully saturated rings. The average Bonchev–Trinajstić information content (AvgIpc) is 3.42. The van der Waals surface area contributed by atoms with Gasteiger partial charge >= 0.3 is 0 Å². The van der Waals surface area contributed by atoms with Crippen LogP contribution in [0.5, 0.6) is 0 Å². The van der Waals surface area contributed by atoms with Crippen LogP contribution in [0, 0.1) is 0 Å². The predicted octanol–water partition coefficient (Wildman–Crippen LogP) is 1.53. The third-order valence-electron chi connectivity index (χ3n) is 4.59. The molecule has 4 rings (SSSR count). The largest absolute Gasteiger partial charge is 0.368 e. The summed E-state index contributed by atoms with van der Waals surface area (Å²) in [6, 6.07) is 7.87. The summed E-state index contributed by atoms with van der Waals surface area (Å²) in [6.07, 6.45) is 10.1. The number of hydrogen-bond donors (Lipinski definition) is 4. The predicted molar refractivity (Wildman–Crippen MR) is 121 cm³/mol. The normalized spacial score (nSPS) is 11.5. The highest BCUT2D eigenvalue weighted by Gasteiger charge is 2.09. The molecule has 162 valence electrons. The first-order chi connectivity index (χ1) is 15.5. The second-order valence-electron chi connectivity index (χ2n) is 7.01. The van der Waals surface area contributed by atoms with Crippen LogP contribution in [0.2, 0.25) is 0 Å². The Labute approximate surface area is 183 Å². The number of nitrogens with zero attached hydrogens (tertiary/aromatic N) is 6. The third-order valence-corrected chi connectivity index (χ3v) is 4.59. The van der Waals surface area contributed by atoms with Gasteiger partial charge in [0, 0.05) is 18.6 Å². The standard InChI is InChI=1S/C21H22N10O/c1-2-15(12-30(23)13-19(22)32)16-5-3-4-14(6-16)11-31-20-17(8-27-31)7-24-21(29-20)28-18-9-25-26-10-18/h2-10,12H,1,11,13,23H2,(H2,22,32)(H,25,26)(H,24,28,29)/b15-12+. The molecule has 11 nitrogen and oxygen atoms in total. The SMILES string of the molecule is C=C/C(=C\N(N)CC(N)=O)c1cccc(Cn2ncc3cnc(Nc4cn[nH]c4)nc32)c1. The number of primary amides is 1. The zero-order chi connectivity index (χ0) is 22.5. The molecule has 3 heterocycles. The Morgan fingerprint density at radius 2 is 2.19 bits per heavy atom. The summed E-state index contributed by atoms with van der Waals surface area (Å²) >= 11 is 0. The summed E-state index contributed by atoms with van der Waals surface area (Å²) in [5.41, 5.74) is 9.31. The molecule has 0 bridgehead atoms. The van der Waals surface area contributed by atoms with Crippen LogP contribution in [0.4, 0.5) is 11.6 Å². The van der Waals surface area contributed by atoms with Gasteiger partial charge in [0.15, 0.2) is 5.65 Å². The number of nitrogens with one attached hydrogen (secondary N) is 2. The van der Waals surface area contributed by atoms with Gasteiger partial charge in [0.05, 0.1) is 30.0 Å². The van der Waals surface area contributed by atoms with Crippen LogP contribution < -0.4 is 16.9 Å². The van der Waals surface area contributed by atoms with Crippen molar-refractivity contribution in [3.8, 4) is 0 Å². The minimum atomic E-state index is -0.518. The summed E-state index contributed by atoms with van der Waals surface area (Å²) in [5, 5.41) is 16.3. The second kappa shape index (κ2) is 9.10. The lowest BCUT2D eigenvalue weighted by molar-refractivity contribution is -0.118. The van der Waals surface area contributed by atoms with Crippen molar-refractivity contribution in [3.05, 3.63) is 79.0 Å². The van der Waals surface area contributed by atoms with Crippen molar-refractivity contribution in [2.24, 2.45) is 11.6 Å². The number of nitrogens with two attached hydrogens (primary N) is 2. The molecule has 0 atom stereocenters. The smallest absolute Gasteiger partial charge is 0.238 e. The Morgan fingerprint density at radius 3 is 2.94 bits per heavy atom. The molecule has 4 aromatic rings. The van der Waals surface area contributed by atoms with Crippen LogP contribution in [0.25, 0.3) is 16.6 Å². The number of hydrogen-bond acceptors (Lipinski definition) is 8. The highest BCUT2D eigenvalue weighted by atomic mass is 16.1. The molecule has 0 saturated heterocycles. The molecule has 0 aliphatic heterocycles. The van der Waals surface area contributed by atoms with Crippen molar-refractivity contribution in [2.45, 2.75) is 6.54 Å². The molecule has 11 heteroatoms. The van der Waals surface area contributed by atoms with Crippen LogP contribution in [0.15, 0.2) is 67.9 Å². The van der Waals surface area contributed by atoms with Gasteiger partial charge in [0.1, 0.15) is 6.54 Å². The highest BCUT2D eigenvalue weighted by Crippen LogP contribution is 2.20. The molecule has 0 radical (unpaired) electrons. The molecule has 0 aliphatic carbocycles. The quantitative estimate of drug-likeness (QED) is 0.177. The van der Waals surface area contributed by atoms with Crippen LogP contribution in [0.1, 0.15) is 11.1 Å². The maximum absolute atomic E-state index is 11.1. The number of fused-ring (bicyclic) bond motifs is 1. The number of carbonyl (C=O) groups excluding carboxylic acids is 1. The molecule has 1 aromatic carbocycles.